The van der Waals surface area contributed by atoms with Crippen molar-refractivity contribution in [1.29, 1.82) is 0 Å². The summed E-state index contributed by atoms with van der Waals surface area (Å²) in [5.74, 6) is 2.75. The molecular formula is C18H25N3O2. The summed E-state index contributed by atoms with van der Waals surface area (Å²) in [6, 6.07) is 8.47. The molecule has 1 aromatic carbocycles. The monoisotopic (exact) mass is 315 g/mol. The lowest BCUT2D eigenvalue weighted by Crippen LogP contribution is -2.33. The van der Waals surface area contributed by atoms with Crippen LogP contribution in [0.5, 0.6) is 5.75 Å². The van der Waals surface area contributed by atoms with Crippen LogP contribution in [-0.2, 0) is 6.54 Å². The van der Waals surface area contributed by atoms with Crippen LogP contribution in [0.4, 0.5) is 0 Å². The minimum absolute atomic E-state index is 0.218. The molecule has 0 spiro atoms. The van der Waals surface area contributed by atoms with Gasteiger partial charge >= 0.3 is 0 Å². The minimum Gasteiger partial charge on any atom is -0.497 e. The average Bonchev–Trinajstić information content (AvgIpc) is 3.06. The number of hydrogen-bond donors (Lipinski definition) is 0. The Morgan fingerprint density at radius 3 is 2.96 bits per heavy atom. The van der Waals surface area contributed by atoms with Crippen LogP contribution in [0.1, 0.15) is 62.3 Å². The van der Waals surface area contributed by atoms with Gasteiger partial charge < -0.3 is 9.26 Å². The van der Waals surface area contributed by atoms with Crippen molar-refractivity contribution in [3.8, 4) is 5.75 Å². The molecular weight excluding hydrogens is 290 g/mol. The molecule has 1 fully saturated rings. The number of hydrogen-bond acceptors (Lipinski definition) is 5. The standard InChI is InChI=1S/C18H25N3O2/c1-13(2)17-19-18(23-20-17)16-9-4-5-10-21(16)12-14-7-6-8-15(11-14)22-3/h6-8,11,13,16H,4-5,9-10,12H2,1-3H3/t16-/m0/s1. The predicted molar refractivity (Wildman–Crippen MR) is 88.4 cm³/mol. The molecule has 23 heavy (non-hydrogen) atoms. The maximum atomic E-state index is 5.55. The number of piperidine rings is 1. The van der Waals surface area contributed by atoms with E-state index in [2.05, 4.69) is 41.0 Å². The minimum atomic E-state index is 0.218. The van der Waals surface area contributed by atoms with E-state index < -0.39 is 0 Å². The molecule has 1 aliphatic heterocycles. The van der Waals surface area contributed by atoms with Crippen LogP contribution in [0.15, 0.2) is 28.8 Å². The molecule has 0 saturated carbocycles. The third-order valence-corrected chi connectivity index (χ3v) is 4.39. The number of aromatic nitrogens is 2. The van der Waals surface area contributed by atoms with Crippen molar-refractivity contribution in [1.82, 2.24) is 15.0 Å². The van der Waals surface area contributed by atoms with Gasteiger partial charge in [-0.3, -0.25) is 4.90 Å². The molecule has 5 heteroatoms. The van der Waals surface area contributed by atoms with Gasteiger partial charge in [-0.25, -0.2) is 0 Å². The third kappa shape index (κ3) is 3.72. The average molecular weight is 315 g/mol. The first-order chi connectivity index (χ1) is 11.2. The molecule has 124 valence electrons. The summed E-state index contributed by atoms with van der Waals surface area (Å²) >= 11 is 0. The van der Waals surface area contributed by atoms with E-state index in [9.17, 15) is 0 Å². The van der Waals surface area contributed by atoms with E-state index in [1.807, 2.05) is 12.1 Å². The summed E-state index contributed by atoms with van der Waals surface area (Å²) in [7, 11) is 1.70. The van der Waals surface area contributed by atoms with Crippen molar-refractivity contribution in [2.45, 2.75) is 51.6 Å². The Morgan fingerprint density at radius 1 is 1.35 bits per heavy atom. The van der Waals surface area contributed by atoms with Gasteiger partial charge in [0.05, 0.1) is 13.2 Å². The van der Waals surface area contributed by atoms with Crippen LogP contribution >= 0.6 is 0 Å². The largest absolute Gasteiger partial charge is 0.497 e. The van der Waals surface area contributed by atoms with Gasteiger partial charge in [-0.2, -0.15) is 4.98 Å². The number of ether oxygens (including phenoxy) is 1. The number of likely N-dealkylation sites (tertiary alicyclic amines) is 1. The van der Waals surface area contributed by atoms with Crippen LogP contribution in [-0.4, -0.2) is 28.7 Å². The number of nitrogens with zero attached hydrogens (tertiary/aromatic N) is 3. The first kappa shape index (κ1) is 16.0. The summed E-state index contributed by atoms with van der Waals surface area (Å²) in [4.78, 5) is 7.06. The quantitative estimate of drug-likeness (QED) is 0.837. The van der Waals surface area contributed by atoms with E-state index in [1.54, 1.807) is 7.11 Å². The van der Waals surface area contributed by atoms with Crippen molar-refractivity contribution in [2.24, 2.45) is 0 Å². The molecule has 1 aromatic heterocycles. The zero-order chi connectivity index (χ0) is 16.2. The summed E-state index contributed by atoms with van der Waals surface area (Å²) in [5, 5.41) is 4.13. The van der Waals surface area contributed by atoms with Gasteiger partial charge in [0.2, 0.25) is 5.89 Å². The summed E-state index contributed by atoms with van der Waals surface area (Å²) in [6.07, 6.45) is 3.49. The first-order valence-corrected chi connectivity index (χ1v) is 8.38. The van der Waals surface area contributed by atoms with Crippen LogP contribution in [0.2, 0.25) is 0 Å². The molecule has 5 nitrogen and oxygen atoms in total. The Bertz CT molecular complexity index is 639. The molecule has 1 atom stereocenters. The zero-order valence-electron chi connectivity index (χ0n) is 14.2. The fourth-order valence-corrected chi connectivity index (χ4v) is 3.08. The van der Waals surface area contributed by atoms with Gasteiger partial charge in [-0.05, 0) is 37.1 Å². The summed E-state index contributed by atoms with van der Waals surface area (Å²) in [5.41, 5.74) is 1.25. The molecule has 0 unspecified atom stereocenters. The Hall–Kier alpha value is -1.88. The maximum Gasteiger partial charge on any atom is 0.244 e. The van der Waals surface area contributed by atoms with E-state index >= 15 is 0 Å². The number of benzene rings is 1. The van der Waals surface area contributed by atoms with Crippen LogP contribution in [0, 0.1) is 0 Å². The molecule has 2 heterocycles. The van der Waals surface area contributed by atoms with Crippen molar-refractivity contribution < 1.29 is 9.26 Å². The summed E-state index contributed by atoms with van der Waals surface area (Å²) < 4.78 is 10.9. The zero-order valence-corrected chi connectivity index (χ0v) is 14.2. The second kappa shape index (κ2) is 7.13. The van der Waals surface area contributed by atoms with Crippen LogP contribution in [0.25, 0.3) is 0 Å². The molecule has 3 rings (SSSR count). The van der Waals surface area contributed by atoms with Gasteiger partial charge in [-0.1, -0.05) is 37.6 Å². The van der Waals surface area contributed by atoms with Crippen molar-refractivity contribution in [3.05, 3.63) is 41.5 Å². The molecule has 0 amide bonds. The SMILES string of the molecule is COc1cccc(CN2CCCC[C@H]2c2nc(C(C)C)no2)c1. The highest BCUT2D eigenvalue weighted by atomic mass is 16.5. The molecule has 0 radical (unpaired) electrons. The van der Waals surface area contributed by atoms with Crippen molar-refractivity contribution in [3.63, 3.8) is 0 Å². The molecule has 1 aliphatic rings. The molecule has 0 bridgehead atoms. The maximum absolute atomic E-state index is 5.55. The topological polar surface area (TPSA) is 51.4 Å². The molecule has 0 N–H and O–H groups in total. The van der Waals surface area contributed by atoms with Gasteiger partial charge in [0.15, 0.2) is 5.82 Å². The highest BCUT2D eigenvalue weighted by Gasteiger charge is 2.29. The van der Waals surface area contributed by atoms with Gasteiger partial charge in [-0.15, -0.1) is 0 Å². The Morgan fingerprint density at radius 2 is 2.22 bits per heavy atom. The molecule has 0 aliphatic carbocycles. The number of rotatable bonds is 5. The van der Waals surface area contributed by atoms with E-state index in [1.165, 1.54) is 18.4 Å². The third-order valence-electron chi connectivity index (χ3n) is 4.39. The predicted octanol–water partition coefficient (Wildman–Crippen LogP) is 3.93. The van der Waals surface area contributed by atoms with Crippen LogP contribution < -0.4 is 4.74 Å². The lowest BCUT2D eigenvalue weighted by atomic mass is 10.0. The fraction of sp³-hybridized carbons (Fsp3) is 0.556. The van der Waals surface area contributed by atoms with Gasteiger partial charge in [0.25, 0.3) is 0 Å². The van der Waals surface area contributed by atoms with E-state index in [4.69, 9.17) is 9.26 Å². The smallest absolute Gasteiger partial charge is 0.244 e. The summed E-state index contributed by atoms with van der Waals surface area (Å²) in [6.45, 7) is 6.11. The molecule has 1 saturated heterocycles. The van der Waals surface area contributed by atoms with Gasteiger partial charge in [0.1, 0.15) is 5.75 Å². The normalized spacial score (nSPS) is 19.2. The lowest BCUT2D eigenvalue weighted by molar-refractivity contribution is 0.111. The van der Waals surface area contributed by atoms with Crippen molar-refractivity contribution >= 4 is 0 Å². The van der Waals surface area contributed by atoms with E-state index in [0.717, 1.165) is 37.0 Å². The fourth-order valence-electron chi connectivity index (χ4n) is 3.08. The highest BCUT2D eigenvalue weighted by Crippen LogP contribution is 2.32. The highest BCUT2D eigenvalue weighted by molar-refractivity contribution is 5.28. The molecule has 2 aromatic rings. The first-order valence-electron chi connectivity index (χ1n) is 8.38. The van der Waals surface area contributed by atoms with E-state index in [-0.39, 0.29) is 6.04 Å². The Balaban J connectivity index is 1.77. The van der Waals surface area contributed by atoms with Crippen LogP contribution in [0.3, 0.4) is 0 Å². The van der Waals surface area contributed by atoms with Gasteiger partial charge in [0, 0.05) is 12.5 Å². The lowest BCUT2D eigenvalue weighted by Gasteiger charge is -2.33. The van der Waals surface area contributed by atoms with E-state index in [0.29, 0.717) is 5.92 Å². The number of methoxy groups -OCH3 is 1. The van der Waals surface area contributed by atoms with Crippen molar-refractivity contribution in [2.75, 3.05) is 13.7 Å². The second-order valence-electron chi connectivity index (χ2n) is 6.48. The Kier molecular flexibility index (Phi) is 4.96. The Labute approximate surface area is 137 Å². The second-order valence-corrected chi connectivity index (χ2v) is 6.48.